The minimum absolute atomic E-state index is 0.120. The van der Waals surface area contributed by atoms with Crippen molar-refractivity contribution in [2.75, 3.05) is 0 Å². The molecule has 0 aliphatic heterocycles. The summed E-state index contributed by atoms with van der Waals surface area (Å²) in [5, 5.41) is 10.3. The summed E-state index contributed by atoms with van der Waals surface area (Å²) in [6.45, 7) is 2.16. The second-order valence-corrected chi connectivity index (χ2v) is 5.88. The highest BCUT2D eigenvalue weighted by atomic mass is 15.1. The van der Waals surface area contributed by atoms with E-state index in [4.69, 9.17) is 5.73 Å². The molecule has 0 saturated heterocycles. The fraction of sp³-hybridized carbons (Fsp3) is 0.222. The molecule has 1 aliphatic rings. The van der Waals surface area contributed by atoms with Gasteiger partial charge in [-0.2, -0.15) is 5.26 Å². The second kappa shape index (κ2) is 4.69. The topological polar surface area (TPSA) is 67.6 Å². The maximum absolute atomic E-state index is 9.19. The van der Waals surface area contributed by atoms with Gasteiger partial charge in [-0.05, 0) is 41.8 Å². The Bertz CT molecular complexity index is 902. The number of nitrogens with two attached hydrogens (primary N) is 1. The van der Waals surface area contributed by atoms with Gasteiger partial charge in [-0.1, -0.05) is 13.0 Å². The number of nitrogens with zero attached hydrogens (tertiary/aromatic N) is 3. The molecule has 108 valence electrons. The van der Waals surface area contributed by atoms with Gasteiger partial charge < -0.3 is 5.73 Å². The van der Waals surface area contributed by atoms with Crippen LogP contribution in [0.3, 0.4) is 0 Å². The Labute approximate surface area is 128 Å². The highest BCUT2D eigenvalue weighted by Gasteiger charge is 2.33. The summed E-state index contributed by atoms with van der Waals surface area (Å²) in [5.41, 5.74) is 10.6. The van der Waals surface area contributed by atoms with Gasteiger partial charge in [0.1, 0.15) is 5.82 Å². The molecule has 1 aliphatic carbocycles. The van der Waals surface area contributed by atoms with E-state index < -0.39 is 0 Å². The Morgan fingerprint density at radius 3 is 2.91 bits per heavy atom. The lowest BCUT2D eigenvalue weighted by Gasteiger charge is -2.12. The summed E-state index contributed by atoms with van der Waals surface area (Å²) in [6.07, 6.45) is 2.64. The second-order valence-electron chi connectivity index (χ2n) is 5.88. The molecule has 3 aromatic rings. The van der Waals surface area contributed by atoms with Crippen LogP contribution in [0.25, 0.3) is 16.7 Å². The fourth-order valence-corrected chi connectivity index (χ4v) is 3.51. The normalized spacial score (nSPS) is 20.0. The average Bonchev–Trinajstić information content (AvgIpc) is 3.02. The molecule has 0 saturated carbocycles. The molecule has 4 rings (SSSR count). The van der Waals surface area contributed by atoms with Crippen molar-refractivity contribution in [3.63, 3.8) is 0 Å². The summed E-state index contributed by atoms with van der Waals surface area (Å²) in [6, 6.07) is 14.1. The maximum Gasteiger partial charge on any atom is 0.137 e. The van der Waals surface area contributed by atoms with E-state index >= 15 is 0 Å². The molecule has 2 heterocycles. The van der Waals surface area contributed by atoms with Crippen LogP contribution in [-0.2, 0) is 6.42 Å². The van der Waals surface area contributed by atoms with Gasteiger partial charge in [0.15, 0.2) is 0 Å². The number of nitriles is 1. The quantitative estimate of drug-likeness (QED) is 0.748. The Morgan fingerprint density at radius 1 is 1.32 bits per heavy atom. The predicted octanol–water partition coefficient (Wildman–Crippen LogP) is 2.88. The molecule has 1 aromatic carbocycles. The first-order valence-corrected chi connectivity index (χ1v) is 7.45. The summed E-state index contributed by atoms with van der Waals surface area (Å²) < 4.78 is 2.19. The van der Waals surface area contributed by atoms with Crippen molar-refractivity contribution in [1.29, 1.82) is 5.26 Å². The van der Waals surface area contributed by atoms with Gasteiger partial charge in [0.2, 0.25) is 0 Å². The molecule has 4 heteroatoms. The van der Waals surface area contributed by atoms with E-state index in [1.54, 1.807) is 6.20 Å². The largest absolute Gasteiger partial charge is 0.327 e. The molecule has 0 fully saturated rings. The van der Waals surface area contributed by atoms with Crippen LogP contribution in [0.4, 0.5) is 0 Å². The van der Waals surface area contributed by atoms with Crippen LogP contribution in [0.5, 0.6) is 0 Å². The monoisotopic (exact) mass is 288 g/mol. The van der Waals surface area contributed by atoms with E-state index in [1.807, 2.05) is 36.4 Å². The highest BCUT2D eigenvalue weighted by Crippen LogP contribution is 2.41. The van der Waals surface area contributed by atoms with E-state index in [2.05, 4.69) is 22.5 Å². The van der Waals surface area contributed by atoms with E-state index in [9.17, 15) is 5.26 Å². The van der Waals surface area contributed by atoms with Crippen LogP contribution in [0.2, 0.25) is 0 Å². The lowest BCUT2D eigenvalue weighted by molar-refractivity contribution is 0.611. The molecular weight excluding hydrogens is 272 g/mol. The number of hydrogen-bond acceptors (Lipinski definition) is 3. The maximum atomic E-state index is 9.19. The van der Waals surface area contributed by atoms with Crippen LogP contribution >= 0.6 is 0 Å². The number of fused-ring (bicyclic) bond motifs is 3. The third-order valence-electron chi connectivity index (χ3n) is 4.64. The first-order valence-electron chi connectivity index (χ1n) is 7.45. The van der Waals surface area contributed by atoms with Gasteiger partial charge in [-0.3, -0.25) is 4.57 Å². The molecule has 2 unspecified atom stereocenters. The van der Waals surface area contributed by atoms with Crippen molar-refractivity contribution < 1.29 is 0 Å². The summed E-state index contributed by atoms with van der Waals surface area (Å²) in [5.74, 6) is 1.19. The van der Waals surface area contributed by atoms with Gasteiger partial charge >= 0.3 is 0 Å². The SMILES string of the molecule is CC1c2c(n(-c3ccccn3)c3ccc(C#N)cc23)CC1N. The molecule has 2 atom stereocenters. The van der Waals surface area contributed by atoms with Crippen LogP contribution in [-0.4, -0.2) is 15.6 Å². The third-order valence-corrected chi connectivity index (χ3v) is 4.64. The predicted molar refractivity (Wildman–Crippen MR) is 85.9 cm³/mol. The molecule has 0 bridgehead atoms. The molecule has 0 spiro atoms. The van der Waals surface area contributed by atoms with Gasteiger partial charge in [0, 0.05) is 29.7 Å². The van der Waals surface area contributed by atoms with Crippen molar-refractivity contribution in [3.05, 3.63) is 59.4 Å². The van der Waals surface area contributed by atoms with Gasteiger partial charge in [-0.25, -0.2) is 4.98 Å². The first-order chi connectivity index (χ1) is 10.7. The van der Waals surface area contributed by atoms with Crippen molar-refractivity contribution in [2.24, 2.45) is 5.73 Å². The Kier molecular flexibility index (Phi) is 2.78. The summed E-state index contributed by atoms with van der Waals surface area (Å²) >= 11 is 0. The van der Waals surface area contributed by atoms with Crippen molar-refractivity contribution in [3.8, 4) is 11.9 Å². The van der Waals surface area contributed by atoms with E-state index in [0.717, 1.165) is 23.1 Å². The number of pyridine rings is 1. The number of rotatable bonds is 1. The molecule has 22 heavy (non-hydrogen) atoms. The smallest absolute Gasteiger partial charge is 0.137 e. The molecule has 0 amide bonds. The first kappa shape index (κ1) is 13.1. The molecule has 2 aromatic heterocycles. The summed E-state index contributed by atoms with van der Waals surface area (Å²) in [4.78, 5) is 4.50. The Balaban J connectivity index is 2.10. The van der Waals surface area contributed by atoms with Crippen molar-refractivity contribution >= 4 is 10.9 Å². The van der Waals surface area contributed by atoms with Crippen LogP contribution < -0.4 is 5.73 Å². The van der Waals surface area contributed by atoms with E-state index in [0.29, 0.717) is 5.56 Å². The minimum atomic E-state index is 0.120. The van der Waals surface area contributed by atoms with E-state index in [1.165, 1.54) is 11.3 Å². The highest BCUT2D eigenvalue weighted by molar-refractivity contribution is 5.89. The molecule has 2 N–H and O–H groups in total. The average molecular weight is 288 g/mol. The van der Waals surface area contributed by atoms with Crippen LogP contribution in [0.15, 0.2) is 42.6 Å². The van der Waals surface area contributed by atoms with Crippen LogP contribution in [0, 0.1) is 11.3 Å². The molecular formula is C18H16N4. The van der Waals surface area contributed by atoms with E-state index in [-0.39, 0.29) is 12.0 Å². The zero-order valence-electron chi connectivity index (χ0n) is 12.3. The van der Waals surface area contributed by atoms with Gasteiger partial charge in [0.25, 0.3) is 0 Å². The zero-order valence-corrected chi connectivity index (χ0v) is 12.3. The van der Waals surface area contributed by atoms with Crippen LogP contribution in [0.1, 0.15) is 29.7 Å². The Morgan fingerprint density at radius 2 is 2.18 bits per heavy atom. The number of aromatic nitrogens is 2. The number of benzene rings is 1. The minimum Gasteiger partial charge on any atom is -0.327 e. The van der Waals surface area contributed by atoms with Gasteiger partial charge in [-0.15, -0.1) is 0 Å². The standard InChI is InChI=1S/C18H16N4/c1-11-14(20)9-16-18(11)13-8-12(10-19)5-6-15(13)22(16)17-4-2-3-7-21-17/h2-8,11,14H,9,20H2,1H3. The molecule has 4 nitrogen and oxygen atoms in total. The van der Waals surface area contributed by atoms with Crippen molar-refractivity contribution in [1.82, 2.24) is 9.55 Å². The lowest BCUT2D eigenvalue weighted by Crippen LogP contribution is -2.23. The fourth-order valence-electron chi connectivity index (χ4n) is 3.51. The Hall–Kier alpha value is -2.64. The summed E-state index contributed by atoms with van der Waals surface area (Å²) in [7, 11) is 0. The molecule has 0 radical (unpaired) electrons. The number of hydrogen-bond donors (Lipinski definition) is 1. The van der Waals surface area contributed by atoms with Crippen molar-refractivity contribution in [2.45, 2.75) is 25.3 Å². The lowest BCUT2D eigenvalue weighted by atomic mass is 9.98. The zero-order chi connectivity index (χ0) is 15.3. The van der Waals surface area contributed by atoms with Gasteiger partial charge in [0.05, 0.1) is 17.1 Å². The third kappa shape index (κ3) is 1.69.